The van der Waals surface area contributed by atoms with Gasteiger partial charge in [-0.3, -0.25) is 0 Å². The van der Waals surface area contributed by atoms with Gasteiger partial charge in [-0.1, -0.05) is 55.3 Å². The van der Waals surface area contributed by atoms with Crippen molar-refractivity contribution >= 4 is 0 Å². The molecular formula is C26H34O6. The van der Waals surface area contributed by atoms with Crippen LogP contribution < -0.4 is 0 Å². The number of aliphatic hydroxyl groups is 5. The Labute approximate surface area is 189 Å². The zero-order valence-electron chi connectivity index (χ0n) is 18.5. The van der Waals surface area contributed by atoms with Gasteiger partial charge in [0, 0.05) is 5.41 Å². The molecule has 1 saturated carbocycles. The van der Waals surface area contributed by atoms with Crippen LogP contribution in [-0.2, 0) is 16.6 Å². The van der Waals surface area contributed by atoms with E-state index in [1.807, 2.05) is 25.1 Å². The first-order valence-corrected chi connectivity index (χ1v) is 11.5. The van der Waals surface area contributed by atoms with Crippen LogP contribution in [0.4, 0.5) is 0 Å². The maximum Gasteiger partial charge on any atom is 0.113 e. The largest absolute Gasteiger partial charge is 0.395 e. The summed E-state index contributed by atoms with van der Waals surface area (Å²) in [6.07, 6.45) is -0.726. The van der Waals surface area contributed by atoms with Crippen LogP contribution in [0.15, 0.2) is 42.5 Å². The molecule has 4 rings (SSSR count). The smallest absolute Gasteiger partial charge is 0.113 e. The molecule has 174 valence electrons. The molecule has 2 aromatic rings. The minimum absolute atomic E-state index is 0.0997. The highest BCUT2D eigenvalue weighted by molar-refractivity contribution is 5.38. The quantitative estimate of drug-likeness (QED) is 0.467. The Kier molecular flexibility index (Phi) is 7.00. The van der Waals surface area contributed by atoms with Gasteiger partial charge in [0.15, 0.2) is 0 Å². The van der Waals surface area contributed by atoms with Crippen LogP contribution in [-0.4, -0.2) is 63.2 Å². The molecule has 5 N–H and O–H groups in total. The van der Waals surface area contributed by atoms with Crippen molar-refractivity contribution in [3.05, 3.63) is 70.3 Å². The normalized spacial score (nSPS) is 29.9. The summed E-state index contributed by atoms with van der Waals surface area (Å²) in [4.78, 5) is 0. The molecule has 2 aliphatic rings. The Hall–Kier alpha value is -1.80. The molecular weight excluding hydrogens is 408 g/mol. The van der Waals surface area contributed by atoms with Crippen molar-refractivity contribution in [3.8, 4) is 0 Å². The second kappa shape index (κ2) is 9.59. The molecule has 2 aromatic carbocycles. The van der Waals surface area contributed by atoms with Gasteiger partial charge in [-0.25, -0.2) is 0 Å². The number of hydrogen-bond donors (Lipinski definition) is 5. The average Bonchev–Trinajstić information content (AvgIpc) is 3.30. The van der Waals surface area contributed by atoms with Gasteiger partial charge in [0.05, 0.1) is 13.2 Å². The maximum atomic E-state index is 10.5. The molecule has 1 saturated heterocycles. The predicted octanol–water partition coefficient (Wildman–Crippen LogP) is 1.90. The lowest BCUT2D eigenvalue weighted by Gasteiger charge is -2.40. The Morgan fingerprint density at radius 2 is 1.59 bits per heavy atom. The molecule has 1 aliphatic heterocycles. The van der Waals surface area contributed by atoms with Crippen molar-refractivity contribution in [1.82, 2.24) is 0 Å². The van der Waals surface area contributed by atoms with Gasteiger partial charge in [-0.2, -0.15) is 0 Å². The summed E-state index contributed by atoms with van der Waals surface area (Å²) in [5.74, 6) is 0. The van der Waals surface area contributed by atoms with E-state index in [-0.39, 0.29) is 12.0 Å². The second-order valence-electron chi connectivity index (χ2n) is 9.45. The monoisotopic (exact) mass is 442 g/mol. The summed E-state index contributed by atoms with van der Waals surface area (Å²) in [6, 6.07) is 14.3. The maximum absolute atomic E-state index is 10.5. The summed E-state index contributed by atoms with van der Waals surface area (Å²) in [5.41, 5.74) is 5.12. The number of rotatable bonds is 6. The number of hydrogen-bond acceptors (Lipinski definition) is 6. The van der Waals surface area contributed by atoms with E-state index in [1.54, 1.807) is 0 Å². The molecule has 0 amide bonds. The predicted molar refractivity (Wildman–Crippen MR) is 120 cm³/mol. The molecule has 6 nitrogen and oxygen atoms in total. The molecule has 0 radical (unpaired) electrons. The summed E-state index contributed by atoms with van der Waals surface area (Å²) >= 11 is 0. The molecule has 5 atom stereocenters. The summed E-state index contributed by atoms with van der Waals surface area (Å²) in [7, 11) is 0. The SMILES string of the molecule is Cc1ccc([C@@H]2O[C@H](CO)[C@@H](O)[C@H](O)C2O)cc1Cc1ccc(C2(CO)CCCC2)cc1. The molecule has 0 spiro atoms. The number of aliphatic hydroxyl groups excluding tert-OH is 5. The Morgan fingerprint density at radius 3 is 2.22 bits per heavy atom. The molecule has 0 bridgehead atoms. The number of benzene rings is 2. The molecule has 1 heterocycles. The van der Waals surface area contributed by atoms with Crippen molar-refractivity contribution < 1.29 is 30.3 Å². The molecule has 1 unspecified atom stereocenters. The van der Waals surface area contributed by atoms with Gasteiger partial charge in [-0.15, -0.1) is 0 Å². The molecule has 32 heavy (non-hydrogen) atoms. The van der Waals surface area contributed by atoms with E-state index < -0.39 is 37.1 Å². The van der Waals surface area contributed by atoms with Gasteiger partial charge >= 0.3 is 0 Å². The molecule has 0 aromatic heterocycles. The van der Waals surface area contributed by atoms with Crippen molar-refractivity contribution in [1.29, 1.82) is 0 Å². The van der Waals surface area contributed by atoms with E-state index in [0.717, 1.165) is 42.4 Å². The third kappa shape index (κ3) is 4.36. The number of ether oxygens (including phenoxy) is 1. The Balaban J connectivity index is 1.54. The van der Waals surface area contributed by atoms with Crippen LogP contribution in [0.2, 0.25) is 0 Å². The standard InChI is InChI=1S/C26H34O6/c1-16-4-7-18(25-24(31)23(30)22(29)21(14-27)32-25)13-19(16)12-17-5-8-20(9-6-17)26(15-28)10-2-3-11-26/h4-9,13,21-25,27-31H,2-3,10-12,14-15H2,1H3/t21-,22-,23+,24?,25+/m1/s1. The van der Waals surface area contributed by atoms with Crippen molar-refractivity contribution in [2.45, 2.75) is 75.0 Å². The van der Waals surface area contributed by atoms with Gasteiger partial charge in [0.25, 0.3) is 0 Å². The molecule has 6 heteroatoms. The Morgan fingerprint density at radius 1 is 0.906 bits per heavy atom. The third-order valence-corrected chi connectivity index (χ3v) is 7.42. The van der Waals surface area contributed by atoms with E-state index in [0.29, 0.717) is 12.0 Å². The fraction of sp³-hybridized carbons (Fsp3) is 0.538. The van der Waals surface area contributed by atoms with Gasteiger partial charge < -0.3 is 30.3 Å². The van der Waals surface area contributed by atoms with Crippen molar-refractivity contribution in [2.75, 3.05) is 13.2 Å². The van der Waals surface area contributed by atoms with Crippen LogP contribution in [0.25, 0.3) is 0 Å². The van der Waals surface area contributed by atoms with Gasteiger partial charge in [0.1, 0.15) is 30.5 Å². The number of aryl methyl sites for hydroxylation is 1. The van der Waals surface area contributed by atoms with Gasteiger partial charge in [0.2, 0.25) is 0 Å². The van der Waals surface area contributed by atoms with Gasteiger partial charge in [-0.05, 0) is 54.0 Å². The van der Waals surface area contributed by atoms with Crippen molar-refractivity contribution in [3.63, 3.8) is 0 Å². The first kappa shape index (κ1) is 23.4. The van der Waals surface area contributed by atoms with Crippen LogP contribution in [0.3, 0.4) is 0 Å². The topological polar surface area (TPSA) is 110 Å². The lowest BCUT2D eigenvalue weighted by Crippen LogP contribution is -2.55. The molecule has 1 aliphatic carbocycles. The zero-order valence-corrected chi connectivity index (χ0v) is 18.5. The van der Waals surface area contributed by atoms with Crippen LogP contribution in [0.1, 0.15) is 59.6 Å². The fourth-order valence-electron chi connectivity index (χ4n) is 5.22. The minimum Gasteiger partial charge on any atom is -0.395 e. The minimum atomic E-state index is -1.39. The summed E-state index contributed by atoms with van der Waals surface area (Å²) < 4.78 is 5.72. The summed E-state index contributed by atoms with van der Waals surface area (Å²) in [5, 5.41) is 50.1. The molecule has 2 fully saturated rings. The second-order valence-corrected chi connectivity index (χ2v) is 9.45. The summed E-state index contributed by atoms with van der Waals surface area (Å²) in [6.45, 7) is 1.77. The van der Waals surface area contributed by atoms with Crippen molar-refractivity contribution in [2.24, 2.45) is 0 Å². The van der Waals surface area contributed by atoms with Crippen LogP contribution >= 0.6 is 0 Å². The third-order valence-electron chi connectivity index (χ3n) is 7.42. The lowest BCUT2D eigenvalue weighted by atomic mass is 9.79. The highest BCUT2D eigenvalue weighted by atomic mass is 16.5. The Bertz CT molecular complexity index is 903. The first-order chi connectivity index (χ1) is 15.4. The van der Waals surface area contributed by atoms with E-state index in [4.69, 9.17) is 4.74 Å². The van der Waals surface area contributed by atoms with E-state index in [9.17, 15) is 25.5 Å². The van der Waals surface area contributed by atoms with E-state index >= 15 is 0 Å². The van der Waals surface area contributed by atoms with Crippen LogP contribution in [0.5, 0.6) is 0 Å². The average molecular weight is 443 g/mol. The zero-order chi connectivity index (χ0) is 22.9. The lowest BCUT2D eigenvalue weighted by molar-refractivity contribution is -0.231. The highest BCUT2D eigenvalue weighted by Gasteiger charge is 2.44. The highest BCUT2D eigenvalue weighted by Crippen LogP contribution is 2.41. The first-order valence-electron chi connectivity index (χ1n) is 11.5. The van der Waals surface area contributed by atoms with E-state index in [2.05, 4.69) is 24.3 Å². The van der Waals surface area contributed by atoms with E-state index in [1.165, 1.54) is 5.56 Å². The van der Waals surface area contributed by atoms with Crippen LogP contribution in [0, 0.1) is 6.92 Å². The fourth-order valence-corrected chi connectivity index (χ4v) is 5.22.